The van der Waals surface area contributed by atoms with Crippen molar-refractivity contribution in [3.8, 4) is 22.6 Å². The lowest BCUT2D eigenvalue weighted by Crippen LogP contribution is -2.14. The third-order valence-electron chi connectivity index (χ3n) is 4.43. The van der Waals surface area contributed by atoms with Gasteiger partial charge in [-0.2, -0.15) is 10.1 Å². The van der Waals surface area contributed by atoms with E-state index < -0.39 is 5.56 Å². The second-order valence-corrected chi connectivity index (χ2v) is 8.14. The molecule has 0 radical (unpaired) electrons. The van der Waals surface area contributed by atoms with Crippen LogP contribution in [0.25, 0.3) is 16.6 Å². The highest BCUT2D eigenvalue weighted by Crippen LogP contribution is 2.48. The molecule has 0 saturated carbocycles. The van der Waals surface area contributed by atoms with Gasteiger partial charge in [-0.05, 0) is 36.4 Å². The highest BCUT2D eigenvalue weighted by atomic mass is 35.5. The summed E-state index contributed by atoms with van der Waals surface area (Å²) in [5.74, 6) is 0.432. The molecule has 0 bridgehead atoms. The summed E-state index contributed by atoms with van der Waals surface area (Å²) >= 11 is 14.3. The molecule has 30 heavy (non-hydrogen) atoms. The van der Waals surface area contributed by atoms with E-state index in [1.807, 2.05) is 0 Å². The normalized spacial score (nSPS) is 12.5. The van der Waals surface area contributed by atoms with E-state index in [-0.39, 0.29) is 28.2 Å². The molecule has 4 aromatic rings. The third-order valence-corrected chi connectivity index (χ3v) is 6.03. The molecule has 0 amide bonds. The SMILES string of the molecule is O=c1ncn2nc(Sc3ccc(F)cc3)ccc2c1-c1c(Cl)cc2c(c1Cl)OCO2. The molecule has 10 heteroatoms. The maximum Gasteiger partial charge on any atom is 0.281 e. The molecular formula is C20H10Cl2FN3O3S. The molecule has 5 rings (SSSR count). The molecule has 6 nitrogen and oxygen atoms in total. The smallest absolute Gasteiger partial charge is 0.281 e. The Morgan fingerprint density at radius 2 is 1.87 bits per heavy atom. The van der Waals surface area contributed by atoms with Gasteiger partial charge in [-0.1, -0.05) is 35.0 Å². The lowest BCUT2D eigenvalue weighted by molar-refractivity contribution is 0.174. The fourth-order valence-electron chi connectivity index (χ4n) is 3.10. The number of nitrogens with zero attached hydrogens (tertiary/aromatic N) is 3. The average molecular weight is 462 g/mol. The first-order valence-electron chi connectivity index (χ1n) is 8.61. The number of benzene rings is 2. The fourth-order valence-corrected chi connectivity index (χ4v) is 4.56. The number of hydrogen-bond donors (Lipinski definition) is 0. The summed E-state index contributed by atoms with van der Waals surface area (Å²) < 4.78 is 25.3. The maximum absolute atomic E-state index is 13.1. The molecule has 0 unspecified atom stereocenters. The molecule has 1 aliphatic rings. The van der Waals surface area contributed by atoms with E-state index in [9.17, 15) is 9.18 Å². The van der Waals surface area contributed by atoms with Gasteiger partial charge < -0.3 is 9.47 Å². The maximum atomic E-state index is 13.1. The minimum atomic E-state index is -0.501. The van der Waals surface area contributed by atoms with Crippen molar-refractivity contribution >= 4 is 40.5 Å². The van der Waals surface area contributed by atoms with Crippen LogP contribution in [0.1, 0.15) is 0 Å². The molecular weight excluding hydrogens is 452 g/mol. The standard InChI is InChI=1S/C20H10Cl2FN3O3S/c21-12-7-14-19(29-9-28-14)18(22)16(12)17-13-5-6-15(25-26(13)8-24-20(17)27)30-11-3-1-10(23)2-4-11/h1-8H,9H2. The number of hydrogen-bond acceptors (Lipinski definition) is 6. The number of rotatable bonds is 3. The Hall–Kier alpha value is -2.81. The molecule has 2 aromatic heterocycles. The Morgan fingerprint density at radius 3 is 2.67 bits per heavy atom. The summed E-state index contributed by atoms with van der Waals surface area (Å²) in [5.41, 5.74) is 0.482. The quantitative estimate of drug-likeness (QED) is 0.423. The van der Waals surface area contributed by atoms with E-state index in [4.69, 9.17) is 32.7 Å². The lowest BCUT2D eigenvalue weighted by Gasteiger charge is -2.12. The van der Waals surface area contributed by atoms with Gasteiger partial charge in [-0.3, -0.25) is 4.79 Å². The first-order valence-corrected chi connectivity index (χ1v) is 10.2. The van der Waals surface area contributed by atoms with E-state index in [1.54, 1.807) is 30.3 Å². The third kappa shape index (κ3) is 3.27. The van der Waals surface area contributed by atoms with Gasteiger partial charge >= 0.3 is 0 Å². The molecule has 0 atom stereocenters. The van der Waals surface area contributed by atoms with Gasteiger partial charge in [-0.25, -0.2) is 8.91 Å². The molecule has 0 saturated heterocycles. The summed E-state index contributed by atoms with van der Waals surface area (Å²) in [6.45, 7) is 0.0210. The highest BCUT2D eigenvalue weighted by molar-refractivity contribution is 7.99. The Balaban J connectivity index is 1.64. The first kappa shape index (κ1) is 19.2. The van der Waals surface area contributed by atoms with Crippen LogP contribution < -0.4 is 15.0 Å². The van der Waals surface area contributed by atoms with Crippen LogP contribution in [0, 0.1) is 5.82 Å². The van der Waals surface area contributed by atoms with Gasteiger partial charge in [-0.15, -0.1) is 0 Å². The molecule has 0 fully saturated rings. The largest absolute Gasteiger partial charge is 0.453 e. The van der Waals surface area contributed by atoms with Crippen molar-refractivity contribution in [3.05, 3.63) is 75.0 Å². The zero-order valence-corrected chi connectivity index (χ0v) is 17.3. The Morgan fingerprint density at radius 1 is 1.07 bits per heavy atom. The summed E-state index contributed by atoms with van der Waals surface area (Å²) in [6.07, 6.45) is 1.32. The molecule has 0 N–H and O–H groups in total. The van der Waals surface area contributed by atoms with E-state index in [0.717, 1.165) is 4.90 Å². The van der Waals surface area contributed by atoms with Crippen LogP contribution in [-0.4, -0.2) is 21.4 Å². The zero-order valence-electron chi connectivity index (χ0n) is 14.9. The van der Waals surface area contributed by atoms with Gasteiger partial charge in [0.05, 0.1) is 21.1 Å². The average Bonchev–Trinajstić information content (AvgIpc) is 3.20. The lowest BCUT2D eigenvalue weighted by atomic mass is 10.1. The van der Waals surface area contributed by atoms with Crippen LogP contribution >= 0.6 is 35.0 Å². The highest BCUT2D eigenvalue weighted by Gasteiger charge is 2.26. The number of ether oxygens (including phenoxy) is 2. The molecule has 0 spiro atoms. The second-order valence-electron chi connectivity index (χ2n) is 6.26. The second kappa shape index (κ2) is 7.46. The van der Waals surface area contributed by atoms with E-state index in [2.05, 4.69) is 10.1 Å². The van der Waals surface area contributed by atoms with E-state index in [0.29, 0.717) is 27.6 Å². The van der Waals surface area contributed by atoms with Crippen molar-refractivity contribution in [1.82, 2.24) is 14.6 Å². The van der Waals surface area contributed by atoms with Gasteiger partial charge in [0.1, 0.15) is 17.2 Å². The molecule has 150 valence electrons. The van der Waals surface area contributed by atoms with Crippen molar-refractivity contribution in [2.75, 3.05) is 6.79 Å². The van der Waals surface area contributed by atoms with Gasteiger partial charge in [0, 0.05) is 16.5 Å². The Kier molecular flexibility index (Phi) is 4.77. The van der Waals surface area contributed by atoms with Gasteiger partial charge in [0.15, 0.2) is 11.5 Å². The van der Waals surface area contributed by atoms with Crippen LogP contribution in [-0.2, 0) is 0 Å². The van der Waals surface area contributed by atoms with Crippen LogP contribution in [0.2, 0.25) is 10.0 Å². The Labute approximate surface area is 183 Å². The molecule has 2 aromatic carbocycles. The monoisotopic (exact) mass is 461 g/mol. The van der Waals surface area contributed by atoms with Crippen molar-refractivity contribution in [3.63, 3.8) is 0 Å². The van der Waals surface area contributed by atoms with Crippen LogP contribution in [0.3, 0.4) is 0 Å². The summed E-state index contributed by atoms with van der Waals surface area (Å²) in [6, 6.07) is 11.1. The summed E-state index contributed by atoms with van der Waals surface area (Å²) in [7, 11) is 0. The number of fused-ring (bicyclic) bond motifs is 2. The zero-order chi connectivity index (χ0) is 20.8. The number of halogens is 3. The predicted molar refractivity (Wildman–Crippen MR) is 111 cm³/mol. The van der Waals surface area contributed by atoms with Crippen molar-refractivity contribution in [2.45, 2.75) is 9.92 Å². The van der Waals surface area contributed by atoms with Crippen molar-refractivity contribution in [2.24, 2.45) is 0 Å². The minimum absolute atomic E-state index is 0.0210. The number of aromatic nitrogens is 3. The first-order chi connectivity index (χ1) is 14.5. The molecule has 1 aliphatic heterocycles. The van der Waals surface area contributed by atoms with Crippen molar-refractivity contribution < 1.29 is 13.9 Å². The Bertz CT molecular complexity index is 1360. The van der Waals surface area contributed by atoms with Crippen LogP contribution in [0.15, 0.2) is 63.5 Å². The van der Waals surface area contributed by atoms with E-state index >= 15 is 0 Å². The molecule has 0 aliphatic carbocycles. The summed E-state index contributed by atoms with van der Waals surface area (Å²) in [4.78, 5) is 17.4. The molecule has 3 heterocycles. The van der Waals surface area contributed by atoms with Crippen LogP contribution in [0.4, 0.5) is 4.39 Å². The topological polar surface area (TPSA) is 65.7 Å². The fraction of sp³-hybridized carbons (Fsp3) is 0.0500. The predicted octanol–water partition coefficient (Wildman–Crippen LogP) is 5.08. The minimum Gasteiger partial charge on any atom is -0.453 e. The summed E-state index contributed by atoms with van der Waals surface area (Å²) in [5, 5.41) is 5.54. The van der Waals surface area contributed by atoms with Gasteiger partial charge in [0.2, 0.25) is 6.79 Å². The van der Waals surface area contributed by atoms with Crippen LogP contribution in [0.5, 0.6) is 11.5 Å². The van der Waals surface area contributed by atoms with Gasteiger partial charge in [0.25, 0.3) is 5.56 Å². The van der Waals surface area contributed by atoms with Crippen molar-refractivity contribution in [1.29, 1.82) is 0 Å². The van der Waals surface area contributed by atoms with E-state index in [1.165, 1.54) is 34.7 Å².